The lowest BCUT2D eigenvalue weighted by Crippen LogP contribution is -2.44. The molecule has 1 atom stereocenters. The van der Waals surface area contributed by atoms with Crippen molar-refractivity contribution in [2.75, 3.05) is 26.3 Å². The van der Waals surface area contributed by atoms with Crippen molar-refractivity contribution in [3.8, 4) is 0 Å². The van der Waals surface area contributed by atoms with Gasteiger partial charge in [-0.25, -0.2) is 0 Å². The molecule has 1 unspecified atom stereocenters. The van der Waals surface area contributed by atoms with Crippen LogP contribution in [0.5, 0.6) is 0 Å². The molecule has 2 N–H and O–H groups in total. The predicted molar refractivity (Wildman–Crippen MR) is 64.8 cm³/mol. The molecular formula is C11H21ClN2O2. The number of morpholine rings is 1. The van der Waals surface area contributed by atoms with Crippen LogP contribution in [0.25, 0.3) is 0 Å². The SMILES string of the molecule is Cl.O=C(CC1COCCN1)NCCC1CC1. The fourth-order valence-corrected chi connectivity index (χ4v) is 1.87. The first-order valence-electron chi connectivity index (χ1n) is 5.92. The Hall–Kier alpha value is -0.320. The van der Waals surface area contributed by atoms with E-state index in [-0.39, 0.29) is 24.4 Å². The van der Waals surface area contributed by atoms with Crippen LogP contribution in [0, 0.1) is 5.92 Å². The number of carbonyl (C=O) groups excluding carboxylic acids is 1. The molecule has 1 saturated carbocycles. The molecule has 1 aliphatic heterocycles. The first kappa shape index (κ1) is 13.7. The van der Waals surface area contributed by atoms with Gasteiger partial charge >= 0.3 is 0 Å². The van der Waals surface area contributed by atoms with Crippen molar-refractivity contribution in [1.82, 2.24) is 10.6 Å². The zero-order valence-corrected chi connectivity index (χ0v) is 10.4. The highest BCUT2D eigenvalue weighted by Gasteiger charge is 2.21. The Kier molecular flexibility index (Phi) is 6.09. The number of hydrogen-bond acceptors (Lipinski definition) is 3. The number of carbonyl (C=O) groups is 1. The van der Waals surface area contributed by atoms with E-state index in [2.05, 4.69) is 10.6 Å². The van der Waals surface area contributed by atoms with Crippen molar-refractivity contribution in [3.05, 3.63) is 0 Å². The Balaban J connectivity index is 0.00000128. The van der Waals surface area contributed by atoms with E-state index >= 15 is 0 Å². The van der Waals surface area contributed by atoms with Gasteiger partial charge in [-0.3, -0.25) is 4.79 Å². The molecular weight excluding hydrogens is 228 g/mol. The number of ether oxygens (including phenoxy) is 1. The van der Waals surface area contributed by atoms with Crippen LogP contribution >= 0.6 is 12.4 Å². The lowest BCUT2D eigenvalue weighted by Gasteiger charge is -2.23. The second-order valence-corrected chi connectivity index (χ2v) is 4.51. The number of hydrogen-bond donors (Lipinski definition) is 2. The van der Waals surface area contributed by atoms with E-state index in [9.17, 15) is 4.79 Å². The van der Waals surface area contributed by atoms with Crippen LogP contribution in [0.3, 0.4) is 0 Å². The summed E-state index contributed by atoms with van der Waals surface area (Å²) in [4.78, 5) is 11.5. The van der Waals surface area contributed by atoms with Gasteiger partial charge in [-0.1, -0.05) is 12.8 Å². The fraction of sp³-hybridized carbons (Fsp3) is 0.909. The highest BCUT2D eigenvalue weighted by atomic mass is 35.5. The van der Waals surface area contributed by atoms with Crippen LogP contribution in [-0.2, 0) is 9.53 Å². The maximum Gasteiger partial charge on any atom is 0.221 e. The van der Waals surface area contributed by atoms with Crippen LogP contribution in [0.1, 0.15) is 25.7 Å². The second-order valence-electron chi connectivity index (χ2n) is 4.51. The van der Waals surface area contributed by atoms with Gasteiger partial charge in [-0.2, -0.15) is 0 Å². The summed E-state index contributed by atoms with van der Waals surface area (Å²) in [5.41, 5.74) is 0. The number of nitrogens with one attached hydrogen (secondary N) is 2. The third-order valence-electron chi connectivity index (χ3n) is 3.00. The molecule has 0 spiro atoms. The Morgan fingerprint density at radius 2 is 2.25 bits per heavy atom. The van der Waals surface area contributed by atoms with Gasteiger partial charge in [0, 0.05) is 25.6 Å². The van der Waals surface area contributed by atoms with Gasteiger partial charge in [0.1, 0.15) is 0 Å². The van der Waals surface area contributed by atoms with Crippen molar-refractivity contribution in [1.29, 1.82) is 0 Å². The van der Waals surface area contributed by atoms with Crippen LogP contribution in [-0.4, -0.2) is 38.3 Å². The number of amides is 1. The largest absolute Gasteiger partial charge is 0.378 e. The van der Waals surface area contributed by atoms with Crippen LogP contribution < -0.4 is 10.6 Å². The smallest absolute Gasteiger partial charge is 0.221 e. The maximum atomic E-state index is 11.5. The molecule has 16 heavy (non-hydrogen) atoms. The van der Waals surface area contributed by atoms with E-state index in [1.54, 1.807) is 0 Å². The van der Waals surface area contributed by atoms with Gasteiger partial charge in [0.15, 0.2) is 0 Å². The number of rotatable bonds is 5. The summed E-state index contributed by atoms with van der Waals surface area (Å²) in [6.07, 6.45) is 4.41. The summed E-state index contributed by atoms with van der Waals surface area (Å²) in [6.45, 7) is 3.13. The van der Waals surface area contributed by atoms with E-state index < -0.39 is 0 Å². The van der Waals surface area contributed by atoms with Crippen molar-refractivity contribution in [3.63, 3.8) is 0 Å². The minimum atomic E-state index is 0. The Morgan fingerprint density at radius 1 is 1.44 bits per heavy atom. The van der Waals surface area contributed by atoms with Gasteiger partial charge in [-0.05, 0) is 12.3 Å². The zero-order chi connectivity index (χ0) is 10.5. The maximum absolute atomic E-state index is 11.5. The summed E-state index contributed by atoms with van der Waals surface area (Å²) < 4.78 is 5.29. The van der Waals surface area contributed by atoms with Crippen LogP contribution in [0.15, 0.2) is 0 Å². The van der Waals surface area contributed by atoms with Crippen molar-refractivity contribution in [2.45, 2.75) is 31.7 Å². The van der Waals surface area contributed by atoms with Gasteiger partial charge in [0.2, 0.25) is 5.91 Å². The van der Waals surface area contributed by atoms with Gasteiger partial charge in [-0.15, -0.1) is 12.4 Å². The second kappa shape index (κ2) is 7.09. The Morgan fingerprint density at radius 3 is 2.88 bits per heavy atom. The van der Waals surface area contributed by atoms with Gasteiger partial charge in [0.25, 0.3) is 0 Å². The molecule has 1 aliphatic carbocycles. The van der Waals surface area contributed by atoms with Crippen molar-refractivity contribution >= 4 is 18.3 Å². The summed E-state index contributed by atoms with van der Waals surface area (Å²) in [6, 6.07) is 0.208. The van der Waals surface area contributed by atoms with E-state index in [4.69, 9.17) is 4.74 Å². The standard InChI is InChI=1S/C11H20N2O2.ClH/c14-11(13-4-3-9-1-2-9)7-10-8-15-6-5-12-10;/h9-10,12H,1-8H2,(H,13,14);1H. The van der Waals surface area contributed by atoms with E-state index in [0.717, 1.165) is 32.0 Å². The molecule has 2 rings (SSSR count). The summed E-state index contributed by atoms with van der Waals surface area (Å²) >= 11 is 0. The first-order chi connectivity index (χ1) is 7.34. The summed E-state index contributed by atoms with van der Waals surface area (Å²) in [5.74, 6) is 1.04. The van der Waals surface area contributed by atoms with Crippen LogP contribution in [0.4, 0.5) is 0 Å². The van der Waals surface area contributed by atoms with Gasteiger partial charge < -0.3 is 15.4 Å². The Labute approximate surface area is 103 Å². The monoisotopic (exact) mass is 248 g/mol. The molecule has 4 nitrogen and oxygen atoms in total. The van der Waals surface area contributed by atoms with Crippen molar-refractivity contribution < 1.29 is 9.53 Å². The summed E-state index contributed by atoms with van der Waals surface area (Å²) in [7, 11) is 0. The average molecular weight is 249 g/mol. The molecule has 94 valence electrons. The van der Waals surface area contributed by atoms with E-state index in [1.165, 1.54) is 12.8 Å². The molecule has 1 saturated heterocycles. The molecule has 0 bridgehead atoms. The van der Waals surface area contributed by atoms with Crippen LogP contribution in [0.2, 0.25) is 0 Å². The lowest BCUT2D eigenvalue weighted by atomic mass is 10.2. The quantitative estimate of drug-likeness (QED) is 0.753. The number of halogens is 1. The molecule has 0 aromatic carbocycles. The molecule has 0 radical (unpaired) electrons. The van der Waals surface area contributed by atoms with Gasteiger partial charge in [0.05, 0.1) is 13.2 Å². The fourth-order valence-electron chi connectivity index (χ4n) is 1.87. The molecule has 0 aromatic rings. The molecule has 0 aromatic heterocycles. The first-order valence-corrected chi connectivity index (χ1v) is 5.92. The molecule has 2 aliphatic rings. The molecule has 2 fully saturated rings. The summed E-state index contributed by atoms with van der Waals surface area (Å²) in [5, 5.41) is 6.24. The minimum absolute atomic E-state index is 0. The zero-order valence-electron chi connectivity index (χ0n) is 9.54. The lowest BCUT2D eigenvalue weighted by molar-refractivity contribution is -0.122. The minimum Gasteiger partial charge on any atom is -0.378 e. The van der Waals surface area contributed by atoms with E-state index in [1.807, 2.05) is 0 Å². The van der Waals surface area contributed by atoms with E-state index in [0.29, 0.717) is 13.0 Å². The third-order valence-corrected chi connectivity index (χ3v) is 3.00. The molecule has 1 heterocycles. The highest BCUT2D eigenvalue weighted by molar-refractivity contribution is 5.85. The predicted octanol–water partition coefficient (Wildman–Crippen LogP) is 0.703. The topological polar surface area (TPSA) is 50.4 Å². The average Bonchev–Trinajstić information content (AvgIpc) is 3.03. The third kappa shape index (κ3) is 5.14. The highest BCUT2D eigenvalue weighted by Crippen LogP contribution is 2.31. The van der Waals surface area contributed by atoms with Crippen molar-refractivity contribution in [2.24, 2.45) is 5.92 Å². The Bertz CT molecular complexity index is 216. The molecule has 1 amide bonds. The normalized spacial score (nSPS) is 24.6. The molecule has 5 heteroatoms.